The molecule has 10 heteroatoms. The number of esters is 1. The van der Waals surface area contributed by atoms with Crippen molar-refractivity contribution >= 4 is 24.1 Å². The van der Waals surface area contributed by atoms with Gasteiger partial charge in [0, 0.05) is 5.75 Å². The number of aliphatic hydroxyl groups is 1. The van der Waals surface area contributed by atoms with Crippen molar-refractivity contribution < 1.29 is 37.7 Å². The first kappa shape index (κ1) is 42.2. The highest BCUT2D eigenvalue weighted by atomic mass is 32.7. The van der Waals surface area contributed by atoms with Crippen molar-refractivity contribution in [2.45, 2.75) is 96.7 Å². The van der Waals surface area contributed by atoms with Crippen molar-refractivity contribution in [3.8, 4) is 5.75 Å². The van der Waals surface area contributed by atoms with Crippen LogP contribution in [0.1, 0.15) is 79.7 Å². The molecule has 5 atom stereocenters. The van der Waals surface area contributed by atoms with E-state index in [0.717, 1.165) is 85.8 Å². The Morgan fingerprint density at radius 2 is 1.45 bits per heavy atom. The number of ether oxygens (including phenoxy) is 3. The van der Waals surface area contributed by atoms with Crippen molar-refractivity contribution in [2.24, 2.45) is 17.8 Å². The molecule has 4 aromatic rings. The van der Waals surface area contributed by atoms with Crippen molar-refractivity contribution in [1.29, 1.82) is 0 Å². The molecule has 2 aliphatic rings. The lowest BCUT2D eigenvalue weighted by Gasteiger charge is -2.33. The van der Waals surface area contributed by atoms with Crippen LogP contribution in [0.5, 0.6) is 5.75 Å². The molecule has 1 fully saturated rings. The number of hydrogen-bond acceptors (Lipinski definition) is 9. The van der Waals surface area contributed by atoms with Gasteiger partial charge in [-0.15, -0.1) is 0 Å². The average Bonchev–Trinajstić information content (AvgIpc) is 3.54. The van der Waals surface area contributed by atoms with Gasteiger partial charge in [0.2, 0.25) is 0 Å². The quantitative estimate of drug-likeness (QED) is 0.0446. The summed E-state index contributed by atoms with van der Waals surface area (Å²) in [6, 6.07) is 35.2. The van der Waals surface area contributed by atoms with Gasteiger partial charge in [-0.05, 0) is 102 Å². The molecule has 1 saturated carbocycles. The molecule has 0 amide bonds. The van der Waals surface area contributed by atoms with Crippen LogP contribution in [-0.4, -0.2) is 42.3 Å². The van der Waals surface area contributed by atoms with Gasteiger partial charge in [0.15, 0.2) is 6.61 Å². The first-order valence-electron chi connectivity index (χ1n) is 20.2. The van der Waals surface area contributed by atoms with Crippen molar-refractivity contribution in [3.63, 3.8) is 0 Å². The Bertz CT molecular complexity index is 1760. The minimum absolute atomic E-state index is 0.0563. The molecule has 0 spiro atoms. The molecule has 6 rings (SSSR count). The number of unbranched alkanes of at least 4 members (excludes halogenated alkanes) is 2. The van der Waals surface area contributed by atoms with Crippen LogP contribution in [0.3, 0.4) is 0 Å². The maximum absolute atomic E-state index is 13.9. The van der Waals surface area contributed by atoms with Gasteiger partial charge in [-0.1, -0.05) is 129 Å². The van der Waals surface area contributed by atoms with Crippen LogP contribution in [0.4, 0.5) is 0 Å². The predicted molar refractivity (Wildman–Crippen MR) is 222 cm³/mol. The molecular formula is C46H57O8PS. The minimum atomic E-state index is -3.48. The van der Waals surface area contributed by atoms with Gasteiger partial charge in [0.1, 0.15) is 12.4 Å². The summed E-state index contributed by atoms with van der Waals surface area (Å²) in [5.41, 5.74) is 5.20. The summed E-state index contributed by atoms with van der Waals surface area (Å²) < 4.78 is 43.8. The van der Waals surface area contributed by atoms with Crippen molar-refractivity contribution in [1.82, 2.24) is 0 Å². The largest absolute Gasteiger partial charge is 0.482 e. The molecule has 8 nitrogen and oxygen atoms in total. The highest BCUT2D eigenvalue weighted by molar-refractivity contribution is 8.55. The number of benzene rings is 4. The topological polar surface area (TPSA) is 101 Å². The van der Waals surface area contributed by atoms with E-state index in [1.165, 1.54) is 16.9 Å². The van der Waals surface area contributed by atoms with E-state index in [2.05, 4.69) is 13.0 Å². The van der Waals surface area contributed by atoms with Crippen LogP contribution in [0.25, 0.3) is 0 Å². The number of hydrogen-bond donors (Lipinski definition) is 1. The molecule has 56 heavy (non-hydrogen) atoms. The second-order valence-corrected chi connectivity index (χ2v) is 19.2. The normalized spacial score (nSPS) is 19.5. The fourth-order valence-electron chi connectivity index (χ4n) is 8.10. The molecule has 0 heterocycles. The van der Waals surface area contributed by atoms with E-state index in [9.17, 15) is 14.5 Å². The van der Waals surface area contributed by atoms with E-state index in [4.69, 9.17) is 23.3 Å². The van der Waals surface area contributed by atoms with E-state index in [-0.39, 0.29) is 44.6 Å². The fourth-order valence-corrected chi connectivity index (χ4v) is 11.0. The Morgan fingerprint density at radius 3 is 2.09 bits per heavy atom. The number of carbonyl (C=O) groups is 1. The second kappa shape index (κ2) is 21.9. The third-order valence-corrected chi connectivity index (χ3v) is 14.7. The van der Waals surface area contributed by atoms with E-state index < -0.39 is 12.8 Å². The highest BCUT2D eigenvalue weighted by Crippen LogP contribution is 2.61. The molecule has 1 N–H and O–H groups in total. The van der Waals surface area contributed by atoms with E-state index >= 15 is 0 Å². The first-order chi connectivity index (χ1) is 27.4. The minimum Gasteiger partial charge on any atom is -0.482 e. The SMILES string of the molecule is CCCCCC(CCC1C2Cc3cccc(OCC(=O)OCc4ccccc4)c3CC2C[C@H]1O)OCCSP(=O)(OCc1ccccc1)OCc1ccccc1. The molecule has 300 valence electrons. The molecule has 0 saturated heterocycles. The van der Waals surface area contributed by atoms with Gasteiger partial charge < -0.3 is 19.3 Å². The Kier molecular flexibility index (Phi) is 16.5. The summed E-state index contributed by atoms with van der Waals surface area (Å²) in [6.07, 6.45) is 8.26. The summed E-state index contributed by atoms with van der Waals surface area (Å²) >= 11 is 1.20. The van der Waals surface area contributed by atoms with Gasteiger partial charge in [-0.3, -0.25) is 9.05 Å². The Morgan fingerprint density at radius 1 is 0.804 bits per heavy atom. The van der Waals surface area contributed by atoms with Crippen LogP contribution < -0.4 is 4.74 Å². The highest BCUT2D eigenvalue weighted by Gasteiger charge is 2.45. The predicted octanol–water partition coefficient (Wildman–Crippen LogP) is 10.5. The van der Waals surface area contributed by atoms with Gasteiger partial charge in [0.05, 0.1) is 32.0 Å². The number of aliphatic hydroxyl groups excluding tert-OH is 1. The third kappa shape index (κ3) is 12.8. The van der Waals surface area contributed by atoms with Crippen LogP contribution in [0.2, 0.25) is 0 Å². The summed E-state index contributed by atoms with van der Waals surface area (Å²) in [4.78, 5) is 12.5. The summed E-state index contributed by atoms with van der Waals surface area (Å²) in [5, 5.41) is 11.4. The zero-order valence-corrected chi connectivity index (χ0v) is 34.3. The maximum atomic E-state index is 13.9. The van der Waals surface area contributed by atoms with Crippen LogP contribution in [0, 0.1) is 17.8 Å². The summed E-state index contributed by atoms with van der Waals surface area (Å²) in [6.45, 7) is -0.346. The lowest BCUT2D eigenvalue weighted by molar-refractivity contribution is -0.147. The Hall–Kier alpha value is -3.43. The molecule has 0 aromatic heterocycles. The number of fused-ring (bicyclic) bond motifs is 2. The maximum Gasteiger partial charge on any atom is 0.389 e. The molecule has 0 radical (unpaired) electrons. The molecular weight excluding hydrogens is 744 g/mol. The smallest absolute Gasteiger partial charge is 0.389 e. The molecule has 2 aliphatic carbocycles. The van der Waals surface area contributed by atoms with E-state index in [1.807, 2.05) is 103 Å². The fraction of sp³-hybridized carbons (Fsp3) is 0.457. The molecule has 4 unspecified atom stereocenters. The van der Waals surface area contributed by atoms with Gasteiger partial charge in [-0.25, -0.2) is 9.36 Å². The summed E-state index contributed by atoms with van der Waals surface area (Å²) in [5.74, 6) is 1.74. The van der Waals surface area contributed by atoms with Crippen molar-refractivity contribution in [2.75, 3.05) is 19.0 Å². The standard InChI is InChI=1S/C46H57O8PS/c1-2-3-7-22-40(50-26-27-56-55(49,53-32-36-17-10-5-11-18-36)54-33-37-19-12-6-13-20-37)24-25-41-42-28-38-21-14-23-45(43(38)29-39(42)30-44(41)47)51-34-46(48)52-31-35-15-8-4-9-16-35/h4-6,8-21,23,39-42,44,47H,2-3,7,22,24-34H2,1H3/t39?,40?,41?,42?,44-/m1/s1. The van der Waals surface area contributed by atoms with Crippen molar-refractivity contribution in [3.05, 3.63) is 137 Å². The molecule has 0 aliphatic heterocycles. The van der Waals surface area contributed by atoms with E-state index in [1.54, 1.807) is 0 Å². The third-order valence-electron chi connectivity index (χ3n) is 11.0. The lowest BCUT2D eigenvalue weighted by atomic mass is 9.73. The molecule has 0 bridgehead atoms. The second-order valence-electron chi connectivity index (χ2n) is 15.0. The van der Waals surface area contributed by atoms with Crippen LogP contribution >= 0.6 is 18.2 Å². The number of carbonyl (C=O) groups excluding carboxylic acids is 1. The monoisotopic (exact) mass is 800 g/mol. The van der Waals surface area contributed by atoms with E-state index in [0.29, 0.717) is 24.2 Å². The Balaban J connectivity index is 1.00. The van der Waals surface area contributed by atoms with Gasteiger partial charge >= 0.3 is 12.8 Å². The lowest BCUT2D eigenvalue weighted by Crippen LogP contribution is -2.28. The van der Waals surface area contributed by atoms with Crippen LogP contribution in [0.15, 0.2) is 109 Å². The van der Waals surface area contributed by atoms with Gasteiger partial charge in [0.25, 0.3) is 0 Å². The average molecular weight is 801 g/mol. The zero-order valence-electron chi connectivity index (χ0n) is 32.5. The van der Waals surface area contributed by atoms with Gasteiger partial charge in [-0.2, -0.15) is 0 Å². The Labute approximate surface area is 336 Å². The summed E-state index contributed by atoms with van der Waals surface area (Å²) in [7, 11) is 0. The zero-order chi connectivity index (χ0) is 39.0. The first-order valence-corrected chi connectivity index (χ1v) is 23.4. The van der Waals surface area contributed by atoms with Crippen LogP contribution in [-0.2, 0) is 60.5 Å². The molecule has 4 aromatic carbocycles. The number of rotatable bonds is 23.